The first-order valence-corrected chi connectivity index (χ1v) is 14.7. The van der Waals surface area contributed by atoms with E-state index in [0.29, 0.717) is 13.1 Å². The summed E-state index contributed by atoms with van der Waals surface area (Å²) in [6.45, 7) is 4.68. The van der Waals surface area contributed by atoms with E-state index in [0.717, 1.165) is 22.9 Å². The van der Waals surface area contributed by atoms with E-state index >= 15 is 0 Å². The van der Waals surface area contributed by atoms with Crippen molar-refractivity contribution in [3.63, 3.8) is 0 Å². The van der Waals surface area contributed by atoms with Crippen LogP contribution < -0.4 is 4.90 Å². The van der Waals surface area contributed by atoms with Gasteiger partial charge in [-0.15, -0.1) is 11.8 Å². The Morgan fingerprint density at radius 3 is 2.54 bits per heavy atom. The molecule has 0 saturated carbocycles. The normalized spacial score (nSPS) is 31.7. The molecule has 39 heavy (non-hydrogen) atoms. The summed E-state index contributed by atoms with van der Waals surface area (Å²) >= 11 is 1.57. The van der Waals surface area contributed by atoms with Crippen LogP contribution in [0.4, 0.5) is 5.69 Å². The van der Waals surface area contributed by atoms with Gasteiger partial charge in [-0.3, -0.25) is 14.4 Å². The van der Waals surface area contributed by atoms with Crippen LogP contribution in [0.2, 0.25) is 0 Å². The number of hydrogen-bond acceptors (Lipinski definition) is 5. The zero-order chi connectivity index (χ0) is 27.5. The van der Waals surface area contributed by atoms with Gasteiger partial charge in [0, 0.05) is 31.1 Å². The van der Waals surface area contributed by atoms with Gasteiger partial charge in [-0.05, 0) is 28.8 Å². The molecular weight excluding hydrogens is 510 g/mol. The van der Waals surface area contributed by atoms with Crippen LogP contribution in [0.3, 0.4) is 0 Å². The molecule has 3 amide bonds. The van der Waals surface area contributed by atoms with E-state index < -0.39 is 28.7 Å². The van der Waals surface area contributed by atoms with Gasteiger partial charge in [0.25, 0.3) is 5.91 Å². The highest BCUT2D eigenvalue weighted by Gasteiger charge is 2.71. The molecule has 0 aliphatic carbocycles. The number of aliphatic hydroxyl groups excluding tert-OH is 1. The van der Waals surface area contributed by atoms with Crippen LogP contribution in [0.15, 0.2) is 66.8 Å². The second kappa shape index (κ2) is 9.82. The first kappa shape index (κ1) is 26.1. The number of anilines is 1. The van der Waals surface area contributed by atoms with Crippen molar-refractivity contribution >= 4 is 45.9 Å². The molecule has 2 aromatic carbocycles. The van der Waals surface area contributed by atoms with Gasteiger partial charge < -0.3 is 19.8 Å². The van der Waals surface area contributed by atoms with Crippen molar-refractivity contribution < 1.29 is 19.5 Å². The second-order valence-corrected chi connectivity index (χ2v) is 12.7. The summed E-state index contributed by atoms with van der Waals surface area (Å²) in [4.78, 5) is 47.9. The fraction of sp³-hybridized carbons (Fsp3) is 0.452. The van der Waals surface area contributed by atoms with E-state index in [1.807, 2.05) is 80.6 Å². The Morgan fingerprint density at radius 2 is 1.79 bits per heavy atom. The molecule has 6 rings (SSSR count). The van der Waals surface area contributed by atoms with Crippen molar-refractivity contribution in [2.75, 3.05) is 31.6 Å². The van der Waals surface area contributed by atoms with Crippen molar-refractivity contribution in [1.29, 1.82) is 0 Å². The van der Waals surface area contributed by atoms with Gasteiger partial charge in [-0.1, -0.05) is 74.9 Å². The summed E-state index contributed by atoms with van der Waals surface area (Å²) in [7, 11) is 1.77. The highest BCUT2D eigenvalue weighted by atomic mass is 32.2. The highest BCUT2D eigenvalue weighted by molar-refractivity contribution is 8.02. The Balaban J connectivity index is 1.50. The van der Waals surface area contributed by atoms with Crippen LogP contribution in [0, 0.1) is 17.8 Å². The van der Waals surface area contributed by atoms with E-state index in [1.54, 1.807) is 33.5 Å². The lowest BCUT2D eigenvalue weighted by Gasteiger charge is -2.40. The van der Waals surface area contributed by atoms with Crippen molar-refractivity contribution in [1.82, 2.24) is 9.80 Å². The molecule has 4 heterocycles. The van der Waals surface area contributed by atoms with Crippen LogP contribution >= 0.6 is 11.8 Å². The van der Waals surface area contributed by atoms with Crippen LogP contribution in [0.25, 0.3) is 10.8 Å². The van der Waals surface area contributed by atoms with Crippen LogP contribution in [-0.4, -0.2) is 81.5 Å². The number of nitrogens with zero attached hydrogens (tertiary/aromatic N) is 3. The average Bonchev–Trinajstić information content (AvgIpc) is 3.27. The number of carbonyl (C=O) groups is 3. The zero-order valence-electron chi connectivity index (χ0n) is 22.6. The molecule has 1 unspecified atom stereocenters. The Kier molecular flexibility index (Phi) is 6.58. The van der Waals surface area contributed by atoms with Gasteiger partial charge in [0.15, 0.2) is 0 Å². The van der Waals surface area contributed by atoms with Crippen molar-refractivity contribution in [3.8, 4) is 0 Å². The maximum atomic E-state index is 14.7. The Hall–Kier alpha value is -3.10. The molecule has 2 fully saturated rings. The third-order valence-corrected chi connectivity index (χ3v) is 10.9. The van der Waals surface area contributed by atoms with Crippen LogP contribution in [0.5, 0.6) is 0 Å². The molecule has 7 nitrogen and oxygen atoms in total. The number of likely N-dealkylation sites (tertiary alicyclic amines) is 1. The molecule has 0 bridgehead atoms. The standard InChI is InChI=1S/C31H35N3O4S/c1-4-19(2)23(18-35)34-27-30(38)33(22-13-12-20-9-5-6-10-21(20)17-22)16-8-14-31(27)26(29(34)37)25-24(39-31)11-7-15-32(3)28(25)36/h5-14,17,19,23-27,35H,4,15-16,18H2,1-3H3/t19-,23-,24+,25-,26-,27?,31-/m0/s1. The van der Waals surface area contributed by atoms with Crippen molar-refractivity contribution in [2.24, 2.45) is 17.8 Å². The maximum Gasteiger partial charge on any atom is 0.251 e. The minimum Gasteiger partial charge on any atom is -0.394 e. The largest absolute Gasteiger partial charge is 0.394 e. The molecular formula is C31H35N3O4S. The molecule has 2 saturated heterocycles. The van der Waals surface area contributed by atoms with Gasteiger partial charge in [-0.2, -0.15) is 0 Å². The summed E-state index contributed by atoms with van der Waals surface area (Å²) < 4.78 is -0.895. The molecule has 1 spiro atoms. The fourth-order valence-corrected chi connectivity index (χ4v) is 8.94. The Labute approximate surface area is 233 Å². The zero-order valence-corrected chi connectivity index (χ0v) is 23.4. The minimum absolute atomic E-state index is 0.0165. The van der Waals surface area contributed by atoms with Gasteiger partial charge in [-0.25, -0.2) is 0 Å². The SMILES string of the molecule is CC[C@H](C)[C@H](CO)N1C(=O)[C@@H]2[C@H]3C(=O)N(C)CC=C[C@H]3S[C@@]23C=CCN(c2ccc4ccccc4c2)C(=O)C13. The van der Waals surface area contributed by atoms with Crippen LogP contribution in [-0.2, 0) is 14.4 Å². The van der Waals surface area contributed by atoms with Gasteiger partial charge in [0.05, 0.1) is 29.2 Å². The predicted octanol–water partition coefficient (Wildman–Crippen LogP) is 3.48. The number of benzene rings is 2. The number of aliphatic hydroxyl groups is 1. The first-order valence-electron chi connectivity index (χ1n) is 13.8. The Morgan fingerprint density at radius 1 is 1.03 bits per heavy atom. The molecule has 7 atom stereocenters. The number of amides is 3. The van der Waals surface area contributed by atoms with E-state index in [1.165, 1.54) is 0 Å². The summed E-state index contributed by atoms with van der Waals surface area (Å²) in [5, 5.41) is 12.5. The van der Waals surface area contributed by atoms with Gasteiger partial charge in [0.1, 0.15) is 6.04 Å². The lowest BCUT2D eigenvalue weighted by molar-refractivity contribution is -0.145. The van der Waals surface area contributed by atoms with E-state index in [-0.39, 0.29) is 35.5 Å². The van der Waals surface area contributed by atoms with E-state index in [9.17, 15) is 19.5 Å². The molecule has 0 aromatic heterocycles. The average molecular weight is 546 g/mol. The van der Waals surface area contributed by atoms with Crippen molar-refractivity contribution in [3.05, 3.63) is 66.8 Å². The van der Waals surface area contributed by atoms with Crippen molar-refractivity contribution in [2.45, 2.75) is 42.3 Å². The van der Waals surface area contributed by atoms with E-state index in [4.69, 9.17) is 0 Å². The molecule has 2 aromatic rings. The number of thioether (sulfide) groups is 1. The topological polar surface area (TPSA) is 81.2 Å². The summed E-state index contributed by atoms with van der Waals surface area (Å²) in [6, 6.07) is 12.7. The quantitative estimate of drug-likeness (QED) is 0.582. The molecule has 1 N–H and O–H groups in total. The molecule has 0 radical (unpaired) electrons. The predicted molar refractivity (Wildman–Crippen MR) is 154 cm³/mol. The van der Waals surface area contributed by atoms with Gasteiger partial charge >= 0.3 is 0 Å². The lowest BCUT2D eigenvalue weighted by Crippen LogP contribution is -2.58. The van der Waals surface area contributed by atoms with Gasteiger partial charge in [0.2, 0.25) is 11.8 Å². The number of carbonyl (C=O) groups excluding carboxylic acids is 3. The number of hydrogen-bond donors (Lipinski definition) is 1. The maximum absolute atomic E-state index is 14.7. The summed E-state index contributed by atoms with van der Waals surface area (Å²) in [6.07, 6.45) is 8.81. The van der Waals surface area contributed by atoms with Crippen LogP contribution in [0.1, 0.15) is 20.3 Å². The lowest BCUT2D eigenvalue weighted by atomic mass is 9.78. The number of likely N-dealkylation sites (N-methyl/N-ethyl adjacent to an activating group) is 1. The minimum atomic E-state index is -0.895. The Bertz CT molecular complexity index is 1390. The smallest absolute Gasteiger partial charge is 0.251 e. The monoisotopic (exact) mass is 545 g/mol. The molecule has 8 heteroatoms. The number of fused-ring (bicyclic) bond motifs is 3. The second-order valence-electron chi connectivity index (χ2n) is 11.3. The highest BCUT2D eigenvalue weighted by Crippen LogP contribution is 2.61. The fourth-order valence-electron chi connectivity index (χ4n) is 6.95. The number of rotatable bonds is 5. The molecule has 204 valence electrons. The molecule has 4 aliphatic rings. The first-order chi connectivity index (χ1) is 18.8. The third-order valence-electron chi connectivity index (χ3n) is 9.19. The summed E-state index contributed by atoms with van der Waals surface area (Å²) in [5.41, 5.74) is 0.772. The summed E-state index contributed by atoms with van der Waals surface area (Å²) in [5.74, 6) is -1.67. The third kappa shape index (κ3) is 3.86. The van der Waals surface area contributed by atoms with E-state index in [2.05, 4.69) is 0 Å². The molecule has 4 aliphatic heterocycles.